The van der Waals surface area contributed by atoms with Gasteiger partial charge >= 0.3 is 0 Å². The Morgan fingerprint density at radius 1 is 1.22 bits per heavy atom. The van der Waals surface area contributed by atoms with Gasteiger partial charge in [0.2, 0.25) is 0 Å². The quantitative estimate of drug-likeness (QED) is 0.807. The highest BCUT2D eigenvalue weighted by molar-refractivity contribution is 7.99. The van der Waals surface area contributed by atoms with Crippen LogP contribution in [0, 0.1) is 0 Å². The third-order valence-corrected chi connectivity index (χ3v) is 3.41. The zero-order valence-corrected chi connectivity index (χ0v) is 11.1. The monoisotopic (exact) mass is 260 g/mol. The molecule has 0 spiro atoms. The van der Waals surface area contributed by atoms with Crippen LogP contribution in [0.4, 0.5) is 5.69 Å². The standard InChI is InChI=1S/C14H16N2OS/c1-2-18-14-6-4-3-5-13(14)16-9-11-7-8-12(17)10-15-11/h3-8,10,16-17H,2,9H2,1H3. The number of nitrogens with zero attached hydrogens (tertiary/aromatic N) is 1. The van der Waals surface area contributed by atoms with E-state index in [2.05, 4.69) is 29.4 Å². The zero-order valence-electron chi connectivity index (χ0n) is 10.3. The first-order valence-corrected chi connectivity index (χ1v) is 6.87. The van der Waals surface area contributed by atoms with E-state index >= 15 is 0 Å². The van der Waals surface area contributed by atoms with Crippen LogP contribution in [-0.4, -0.2) is 15.8 Å². The second kappa shape index (κ2) is 6.31. The fourth-order valence-electron chi connectivity index (χ4n) is 1.60. The molecule has 0 atom stereocenters. The van der Waals surface area contributed by atoms with Crippen LogP contribution in [0.25, 0.3) is 0 Å². The smallest absolute Gasteiger partial charge is 0.133 e. The Hall–Kier alpha value is -1.68. The van der Waals surface area contributed by atoms with Gasteiger partial charge in [-0.05, 0) is 30.0 Å². The Morgan fingerprint density at radius 3 is 2.78 bits per heavy atom. The lowest BCUT2D eigenvalue weighted by Crippen LogP contribution is -2.02. The van der Waals surface area contributed by atoms with Crippen molar-refractivity contribution in [1.82, 2.24) is 4.98 Å². The van der Waals surface area contributed by atoms with Crippen molar-refractivity contribution in [1.29, 1.82) is 0 Å². The Balaban J connectivity index is 2.03. The average Bonchev–Trinajstić information content (AvgIpc) is 2.40. The number of nitrogens with one attached hydrogen (secondary N) is 1. The van der Waals surface area contributed by atoms with Crippen molar-refractivity contribution in [2.24, 2.45) is 0 Å². The van der Waals surface area contributed by atoms with E-state index in [1.165, 1.54) is 11.1 Å². The second-order valence-electron chi connectivity index (χ2n) is 3.79. The van der Waals surface area contributed by atoms with Gasteiger partial charge in [-0.1, -0.05) is 19.1 Å². The van der Waals surface area contributed by atoms with E-state index in [0.29, 0.717) is 6.54 Å². The van der Waals surface area contributed by atoms with Gasteiger partial charge in [0.15, 0.2) is 0 Å². The molecule has 3 nitrogen and oxygen atoms in total. The van der Waals surface area contributed by atoms with E-state index in [0.717, 1.165) is 17.1 Å². The van der Waals surface area contributed by atoms with E-state index in [-0.39, 0.29) is 5.75 Å². The van der Waals surface area contributed by atoms with Gasteiger partial charge in [-0.2, -0.15) is 0 Å². The third kappa shape index (κ3) is 3.40. The number of aromatic nitrogens is 1. The zero-order chi connectivity index (χ0) is 12.8. The summed E-state index contributed by atoms with van der Waals surface area (Å²) in [6.07, 6.45) is 1.46. The fraction of sp³-hybridized carbons (Fsp3) is 0.214. The minimum absolute atomic E-state index is 0.195. The number of aromatic hydroxyl groups is 1. The van der Waals surface area contributed by atoms with Crippen LogP contribution < -0.4 is 5.32 Å². The van der Waals surface area contributed by atoms with Gasteiger partial charge in [0, 0.05) is 10.6 Å². The van der Waals surface area contributed by atoms with E-state index < -0.39 is 0 Å². The summed E-state index contributed by atoms with van der Waals surface area (Å²) in [5.74, 6) is 1.25. The number of hydrogen-bond acceptors (Lipinski definition) is 4. The van der Waals surface area contributed by atoms with E-state index in [4.69, 9.17) is 5.11 Å². The molecule has 0 radical (unpaired) electrons. The maximum absolute atomic E-state index is 9.17. The predicted molar refractivity (Wildman–Crippen MR) is 76.1 cm³/mol. The molecule has 0 aliphatic carbocycles. The molecule has 0 fully saturated rings. The third-order valence-electron chi connectivity index (χ3n) is 2.46. The summed E-state index contributed by atoms with van der Waals surface area (Å²) in [7, 11) is 0. The molecule has 94 valence electrons. The van der Waals surface area contributed by atoms with Crippen LogP contribution in [0.1, 0.15) is 12.6 Å². The minimum atomic E-state index is 0.195. The normalized spacial score (nSPS) is 10.3. The predicted octanol–water partition coefficient (Wildman–Crippen LogP) is 3.51. The molecule has 0 unspecified atom stereocenters. The van der Waals surface area contributed by atoms with Crippen LogP contribution in [0.3, 0.4) is 0 Å². The molecule has 1 aromatic heterocycles. The summed E-state index contributed by atoms with van der Waals surface area (Å²) < 4.78 is 0. The SMILES string of the molecule is CCSc1ccccc1NCc1ccc(O)cn1. The number of pyridine rings is 1. The molecule has 0 saturated heterocycles. The van der Waals surface area contributed by atoms with Gasteiger partial charge in [0.25, 0.3) is 0 Å². The van der Waals surface area contributed by atoms with Gasteiger partial charge in [0.05, 0.1) is 18.4 Å². The number of hydrogen-bond donors (Lipinski definition) is 2. The Kier molecular flexibility index (Phi) is 4.47. The van der Waals surface area contributed by atoms with Gasteiger partial charge in [-0.3, -0.25) is 4.98 Å². The van der Waals surface area contributed by atoms with Crippen LogP contribution in [-0.2, 0) is 6.54 Å². The first-order chi connectivity index (χ1) is 8.79. The molecule has 0 bridgehead atoms. The van der Waals surface area contributed by atoms with Crippen molar-refractivity contribution in [3.8, 4) is 5.75 Å². The molecular weight excluding hydrogens is 244 g/mol. The van der Waals surface area contributed by atoms with E-state index in [1.54, 1.807) is 6.07 Å². The molecule has 0 aliphatic rings. The van der Waals surface area contributed by atoms with Crippen molar-refractivity contribution >= 4 is 17.4 Å². The summed E-state index contributed by atoms with van der Waals surface area (Å²) >= 11 is 1.82. The topological polar surface area (TPSA) is 45.1 Å². The molecule has 0 saturated carbocycles. The first-order valence-electron chi connectivity index (χ1n) is 5.89. The summed E-state index contributed by atoms with van der Waals surface area (Å²) in [5, 5.41) is 12.5. The van der Waals surface area contributed by atoms with Crippen LogP contribution in [0.15, 0.2) is 47.5 Å². The first kappa shape index (κ1) is 12.8. The molecule has 2 aromatic rings. The highest BCUT2D eigenvalue weighted by Crippen LogP contribution is 2.26. The van der Waals surface area contributed by atoms with Crippen LogP contribution >= 0.6 is 11.8 Å². The number of rotatable bonds is 5. The maximum atomic E-state index is 9.17. The molecular formula is C14H16N2OS. The number of benzene rings is 1. The molecule has 0 amide bonds. The number of para-hydroxylation sites is 1. The van der Waals surface area contributed by atoms with Gasteiger partial charge in [0.1, 0.15) is 5.75 Å². The van der Waals surface area contributed by atoms with Gasteiger partial charge in [-0.25, -0.2) is 0 Å². The van der Waals surface area contributed by atoms with Crippen molar-refractivity contribution in [3.05, 3.63) is 48.3 Å². The van der Waals surface area contributed by atoms with Crippen molar-refractivity contribution in [2.75, 3.05) is 11.1 Å². The molecule has 2 N–H and O–H groups in total. The summed E-state index contributed by atoms with van der Waals surface area (Å²) in [6.45, 7) is 2.80. The highest BCUT2D eigenvalue weighted by atomic mass is 32.2. The van der Waals surface area contributed by atoms with E-state index in [1.807, 2.05) is 30.0 Å². The molecule has 1 aromatic carbocycles. The summed E-state index contributed by atoms with van der Waals surface area (Å²) in [5.41, 5.74) is 2.03. The van der Waals surface area contributed by atoms with Crippen molar-refractivity contribution in [2.45, 2.75) is 18.4 Å². The highest BCUT2D eigenvalue weighted by Gasteiger charge is 2.01. The number of anilines is 1. The van der Waals surface area contributed by atoms with Crippen molar-refractivity contribution < 1.29 is 5.11 Å². The number of thioether (sulfide) groups is 1. The van der Waals surface area contributed by atoms with Crippen molar-refractivity contribution in [3.63, 3.8) is 0 Å². The summed E-state index contributed by atoms with van der Waals surface area (Å²) in [6, 6.07) is 11.7. The average molecular weight is 260 g/mol. The summed E-state index contributed by atoms with van der Waals surface area (Å²) in [4.78, 5) is 5.40. The molecule has 1 heterocycles. The van der Waals surface area contributed by atoms with Crippen LogP contribution in [0.5, 0.6) is 5.75 Å². The van der Waals surface area contributed by atoms with Gasteiger partial charge < -0.3 is 10.4 Å². The lowest BCUT2D eigenvalue weighted by atomic mass is 10.3. The lowest BCUT2D eigenvalue weighted by molar-refractivity contribution is 0.472. The molecule has 2 rings (SSSR count). The molecule has 4 heteroatoms. The largest absolute Gasteiger partial charge is 0.506 e. The lowest BCUT2D eigenvalue weighted by Gasteiger charge is -2.10. The van der Waals surface area contributed by atoms with Crippen LogP contribution in [0.2, 0.25) is 0 Å². The maximum Gasteiger partial charge on any atom is 0.133 e. The minimum Gasteiger partial charge on any atom is -0.506 e. The molecule has 18 heavy (non-hydrogen) atoms. The Bertz CT molecular complexity index is 499. The Labute approximate surface area is 111 Å². The molecule has 0 aliphatic heterocycles. The van der Waals surface area contributed by atoms with E-state index in [9.17, 15) is 0 Å². The second-order valence-corrected chi connectivity index (χ2v) is 5.10. The Morgan fingerprint density at radius 2 is 2.06 bits per heavy atom. The van der Waals surface area contributed by atoms with Gasteiger partial charge in [-0.15, -0.1) is 11.8 Å². The fourth-order valence-corrected chi connectivity index (χ4v) is 2.38.